The second kappa shape index (κ2) is 8.88. The molecule has 5 heteroatoms. The summed E-state index contributed by atoms with van der Waals surface area (Å²) in [7, 11) is 1.68. The molecule has 29 heavy (non-hydrogen) atoms. The van der Waals surface area contributed by atoms with E-state index in [4.69, 9.17) is 18.9 Å². The summed E-state index contributed by atoms with van der Waals surface area (Å²) in [6.07, 6.45) is 0. The maximum absolute atomic E-state index is 6.01. The van der Waals surface area contributed by atoms with E-state index in [1.165, 1.54) is 22.3 Å². The number of quaternary nitrogens is 1. The van der Waals surface area contributed by atoms with Gasteiger partial charge in [0, 0.05) is 11.1 Å². The van der Waals surface area contributed by atoms with Gasteiger partial charge in [0.1, 0.15) is 19.7 Å². The minimum absolute atomic E-state index is 0.306. The molecule has 0 aliphatic carbocycles. The molecule has 3 aromatic carbocycles. The molecule has 2 N–H and O–H groups in total. The van der Waals surface area contributed by atoms with Gasteiger partial charge in [-0.15, -0.1) is 0 Å². The Morgan fingerprint density at radius 1 is 0.862 bits per heavy atom. The van der Waals surface area contributed by atoms with Crippen LogP contribution in [0.5, 0.6) is 23.0 Å². The van der Waals surface area contributed by atoms with Gasteiger partial charge in [0.2, 0.25) is 6.79 Å². The summed E-state index contributed by atoms with van der Waals surface area (Å²) >= 11 is 0. The summed E-state index contributed by atoms with van der Waals surface area (Å²) in [6, 6.07) is 20.5. The van der Waals surface area contributed by atoms with Gasteiger partial charge in [0.05, 0.1) is 7.11 Å². The first kappa shape index (κ1) is 19.2. The minimum atomic E-state index is 0.306. The van der Waals surface area contributed by atoms with Crippen LogP contribution < -0.4 is 24.3 Å². The van der Waals surface area contributed by atoms with Crippen LogP contribution in [0, 0.1) is 6.92 Å². The van der Waals surface area contributed by atoms with E-state index >= 15 is 0 Å². The van der Waals surface area contributed by atoms with Gasteiger partial charge in [0.25, 0.3) is 0 Å². The normalized spacial score (nSPS) is 12.1. The lowest BCUT2D eigenvalue weighted by atomic mass is 10.1. The van der Waals surface area contributed by atoms with E-state index in [9.17, 15) is 0 Å². The van der Waals surface area contributed by atoms with Crippen molar-refractivity contribution in [1.82, 2.24) is 0 Å². The Hall–Kier alpha value is -3.18. The summed E-state index contributed by atoms with van der Waals surface area (Å²) in [5.74, 6) is 3.16. The number of fused-ring (bicyclic) bond motifs is 1. The highest BCUT2D eigenvalue weighted by atomic mass is 16.7. The quantitative estimate of drug-likeness (QED) is 0.637. The molecule has 0 unspecified atom stereocenters. The zero-order chi connectivity index (χ0) is 20.1. The third-order valence-electron chi connectivity index (χ3n) is 5.07. The van der Waals surface area contributed by atoms with Gasteiger partial charge >= 0.3 is 0 Å². The van der Waals surface area contributed by atoms with Crippen molar-refractivity contribution in [2.45, 2.75) is 26.6 Å². The second-order valence-electron chi connectivity index (χ2n) is 7.08. The summed E-state index contributed by atoms with van der Waals surface area (Å²) in [4.78, 5) is 0. The Kier molecular flexibility index (Phi) is 5.86. The Balaban J connectivity index is 1.34. The molecule has 1 aliphatic rings. The average Bonchev–Trinajstić information content (AvgIpc) is 3.21. The number of ether oxygens (including phenoxy) is 4. The summed E-state index contributed by atoms with van der Waals surface area (Å²) < 4.78 is 22.4. The van der Waals surface area contributed by atoms with Crippen LogP contribution in [-0.2, 0) is 19.7 Å². The van der Waals surface area contributed by atoms with Crippen LogP contribution >= 0.6 is 0 Å². The van der Waals surface area contributed by atoms with E-state index in [0.717, 1.165) is 36.1 Å². The molecule has 1 heterocycles. The number of hydrogen-bond donors (Lipinski definition) is 1. The van der Waals surface area contributed by atoms with Gasteiger partial charge in [-0.3, -0.25) is 0 Å². The van der Waals surface area contributed by atoms with E-state index in [0.29, 0.717) is 13.4 Å². The number of rotatable bonds is 8. The van der Waals surface area contributed by atoms with E-state index in [1.54, 1.807) is 7.11 Å². The van der Waals surface area contributed by atoms with Crippen LogP contribution in [0.2, 0.25) is 0 Å². The summed E-state index contributed by atoms with van der Waals surface area (Å²) in [5.41, 5.74) is 4.79. The monoisotopic (exact) mass is 392 g/mol. The fourth-order valence-electron chi connectivity index (χ4n) is 3.36. The lowest BCUT2D eigenvalue weighted by Gasteiger charge is -2.13. The van der Waals surface area contributed by atoms with Crippen molar-refractivity contribution in [2.75, 3.05) is 13.9 Å². The number of hydrogen-bond acceptors (Lipinski definition) is 4. The zero-order valence-electron chi connectivity index (χ0n) is 16.8. The lowest BCUT2D eigenvalue weighted by molar-refractivity contribution is -0.686. The highest BCUT2D eigenvalue weighted by molar-refractivity contribution is 5.44. The van der Waals surface area contributed by atoms with Crippen molar-refractivity contribution < 1.29 is 24.3 Å². The molecule has 0 radical (unpaired) electrons. The predicted molar refractivity (Wildman–Crippen MR) is 110 cm³/mol. The van der Waals surface area contributed by atoms with Crippen LogP contribution in [0.4, 0.5) is 0 Å². The molecule has 0 saturated heterocycles. The Morgan fingerprint density at radius 2 is 1.62 bits per heavy atom. The van der Waals surface area contributed by atoms with Crippen molar-refractivity contribution in [3.05, 3.63) is 82.9 Å². The first-order chi connectivity index (χ1) is 14.2. The van der Waals surface area contributed by atoms with Crippen LogP contribution in [0.1, 0.15) is 22.3 Å². The fourth-order valence-corrected chi connectivity index (χ4v) is 3.36. The van der Waals surface area contributed by atoms with Crippen LogP contribution in [0.15, 0.2) is 60.7 Å². The van der Waals surface area contributed by atoms with Crippen LogP contribution in [0.3, 0.4) is 0 Å². The van der Waals surface area contributed by atoms with Crippen molar-refractivity contribution in [2.24, 2.45) is 0 Å². The number of nitrogens with two attached hydrogens (primary N) is 1. The Morgan fingerprint density at radius 3 is 2.45 bits per heavy atom. The van der Waals surface area contributed by atoms with Gasteiger partial charge in [-0.25, -0.2) is 0 Å². The van der Waals surface area contributed by atoms with Crippen molar-refractivity contribution >= 4 is 0 Å². The zero-order valence-corrected chi connectivity index (χ0v) is 16.8. The summed E-state index contributed by atoms with van der Waals surface area (Å²) in [5, 5.41) is 2.25. The predicted octanol–water partition coefficient (Wildman–Crippen LogP) is 3.57. The van der Waals surface area contributed by atoms with Crippen LogP contribution in [-0.4, -0.2) is 13.9 Å². The molecule has 0 aromatic heterocycles. The standard InChI is InChI=1S/C24H25NO4/c1-17-5-3-4-6-20(17)15-27-21-9-7-18(11-23(21)26-2)13-25-14-19-8-10-22-24(12-19)29-16-28-22/h3-12,25H,13-16H2,1-2H3/p+1. The molecule has 0 bridgehead atoms. The molecular formula is C24H26NO4+. The SMILES string of the molecule is COc1cc(C[NH2+]Cc2ccc3c(c2)OCO3)ccc1OCc1ccccc1C. The highest BCUT2D eigenvalue weighted by Crippen LogP contribution is 2.32. The van der Waals surface area contributed by atoms with Crippen molar-refractivity contribution in [1.29, 1.82) is 0 Å². The fraction of sp³-hybridized carbons (Fsp3) is 0.250. The Bertz CT molecular complexity index is 986. The highest BCUT2D eigenvalue weighted by Gasteiger charge is 2.14. The number of benzene rings is 3. The number of methoxy groups -OCH3 is 1. The molecule has 5 nitrogen and oxygen atoms in total. The molecule has 3 aromatic rings. The van der Waals surface area contributed by atoms with E-state index < -0.39 is 0 Å². The van der Waals surface area contributed by atoms with Crippen molar-refractivity contribution in [3.63, 3.8) is 0 Å². The maximum atomic E-state index is 6.01. The largest absolute Gasteiger partial charge is 0.493 e. The average molecular weight is 392 g/mol. The molecule has 0 saturated carbocycles. The lowest BCUT2D eigenvalue weighted by Crippen LogP contribution is -2.80. The van der Waals surface area contributed by atoms with Gasteiger partial charge < -0.3 is 24.3 Å². The van der Waals surface area contributed by atoms with Gasteiger partial charge in [0.15, 0.2) is 23.0 Å². The molecule has 0 fully saturated rings. The smallest absolute Gasteiger partial charge is 0.231 e. The molecule has 0 atom stereocenters. The maximum Gasteiger partial charge on any atom is 0.231 e. The van der Waals surface area contributed by atoms with Gasteiger partial charge in [-0.2, -0.15) is 0 Å². The molecule has 1 aliphatic heterocycles. The van der Waals surface area contributed by atoms with E-state index in [1.807, 2.05) is 36.4 Å². The molecular weight excluding hydrogens is 366 g/mol. The summed E-state index contributed by atoms with van der Waals surface area (Å²) in [6.45, 7) is 4.64. The third kappa shape index (κ3) is 4.63. The Labute approximate surface area is 171 Å². The van der Waals surface area contributed by atoms with Crippen molar-refractivity contribution in [3.8, 4) is 23.0 Å². The van der Waals surface area contributed by atoms with E-state index in [2.05, 4.69) is 36.5 Å². The molecule has 0 amide bonds. The topological polar surface area (TPSA) is 53.5 Å². The van der Waals surface area contributed by atoms with Crippen LogP contribution in [0.25, 0.3) is 0 Å². The van der Waals surface area contributed by atoms with E-state index in [-0.39, 0.29) is 0 Å². The van der Waals surface area contributed by atoms with Gasteiger partial charge in [-0.05, 0) is 54.4 Å². The molecule has 150 valence electrons. The molecule has 4 rings (SSSR count). The first-order valence-corrected chi connectivity index (χ1v) is 9.77. The van der Waals surface area contributed by atoms with Gasteiger partial charge in [-0.1, -0.05) is 24.3 Å². The first-order valence-electron chi connectivity index (χ1n) is 9.77. The third-order valence-corrected chi connectivity index (χ3v) is 5.07. The minimum Gasteiger partial charge on any atom is -0.493 e. The number of aryl methyl sites for hydroxylation is 1. The second-order valence-corrected chi connectivity index (χ2v) is 7.08. The molecule has 0 spiro atoms.